The van der Waals surface area contributed by atoms with Crippen molar-refractivity contribution in [2.75, 3.05) is 37.7 Å². The van der Waals surface area contributed by atoms with E-state index in [4.69, 9.17) is 0 Å². The maximum Gasteiger partial charge on any atom is 1.00 e. The van der Waals surface area contributed by atoms with Gasteiger partial charge in [0, 0.05) is 39.0 Å². The molecule has 0 saturated heterocycles. The summed E-state index contributed by atoms with van der Waals surface area (Å²) in [6, 6.07) is 0. The van der Waals surface area contributed by atoms with Crippen molar-refractivity contribution in [2.45, 2.75) is 90.9 Å². The van der Waals surface area contributed by atoms with Crippen LogP contribution in [-0.4, -0.2) is 85.2 Å². The van der Waals surface area contributed by atoms with Gasteiger partial charge in [0.15, 0.2) is 0 Å². The molecule has 0 unspecified atom stereocenters. The number of rotatable bonds is 21. The molecule has 0 aromatic carbocycles. The van der Waals surface area contributed by atoms with Crippen LogP contribution in [-0.2, 0) is 29.8 Å². The van der Waals surface area contributed by atoms with Crippen LogP contribution >= 0.6 is 0 Å². The summed E-state index contributed by atoms with van der Waals surface area (Å²) in [5.41, 5.74) is 0. The molecule has 0 aliphatic carbocycles. The first-order valence-corrected chi connectivity index (χ1v) is 15.5. The number of amides is 2. The van der Waals surface area contributed by atoms with E-state index in [1.807, 2.05) is 0 Å². The summed E-state index contributed by atoms with van der Waals surface area (Å²) in [4.78, 5) is 27.9. The van der Waals surface area contributed by atoms with Crippen LogP contribution in [0.4, 0.5) is 0 Å². The van der Waals surface area contributed by atoms with Crippen molar-refractivity contribution in [3.63, 3.8) is 0 Å². The molecule has 0 aromatic rings. The Morgan fingerprint density at radius 1 is 0.556 bits per heavy atom. The van der Waals surface area contributed by atoms with Crippen molar-refractivity contribution in [1.82, 2.24) is 9.80 Å². The number of hydrogen-bond acceptors (Lipinski definition) is 8. The van der Waals surface area contributed by atoms with Crippen LogP contribution in [0, 0.1) is 0 Å². The molecule has 0 heterocycles. The molecule has 0 fully saturated rings. The Morgan fingerprint density at radius 3 is 1.17 bits per heavy atom. The first-order valence-electron chi connectivity index (χ1n) is 12.3. The second-order valence-corrected chi connectivity index (χ2v) is 11.7. The fraction of sp³-hybridized carbons (Fsp3) is 0.909. The van der Waals surface area contributed by atoms with Crippen LogP contribution in [0.25, 0.3) is 0 Å². The molecule has 0 rings (SSSR count). The summed E-state index contributed by atoms with van der Waals surface area (Å²) in [6.07, 6.45) is 8.40. The van der Waals surface area contributed by atoms with E-state index in [1.54, 1.807) is 0 Å². The Hall–Kier alpha value is 0.760. The van der Waals surface area contributed by atoms with E-state index in [0.717, 1.165) is 51.4 Å². The van der Waals surface area contributed by atoms with Gasteiger partial charge in [-0.1, -0.05) is 52.4 Å². The van der Waals surface area contributed by atoms with Gasteiger partial charge in [0.2, 0.25) is 11.8 Å². The van der Waals surface area contributed by atoms with Crippen LogP contribution in [0.5, 0.6) is 0 Å². The van der Waals surface area contributed by atoms with Crippen LogP contribution in [0.1, 0.15) is 90.9 Å². The Kier molecular flexibility index (Phi) is 27.1. The maximum atomic E-state index is 12.6. The van der Waals surface area contributed by atoms with Gasteiger partial charge in [-0.2, -0.15) is 0 Å². The minimum atomic E-state index is -4.42. The molecule has 0 bridgehead atoms. The molecular formula is C22H42N2Na2O8S2. The standard InChI is InChI=1S/C22H44N2O8S2.2Na/c1-3-5-7-11-15-23(17-19-33(27,28)29)21(25)13-9-10-14-22(26)24(16-12-8-6-4-2)18-20-34(30,31)32;;/h3-20H2,1-2H3,(H,27,28,29)(H,30,31,32);;/q;2*+1/p-2. The zero-order valence-corrected chi connectivity index (χ0v) is 28.3. The predicted octanol–water partition coefficient (Wildman–Crippen LogP) is -3.54. The van der Waals surface area contributed by atoms with Gasteiger partial charge in [0.25, 0.3) is 0 Å². The van der Waals surface area contributed by atoms with Gasteiger partial charge in [0.1, 0.15) is 0 Å². The molecule has 36 heavy (non-hydrogen) atoms. The van der Waals surface area contributed by atoms with E-state index in [1.165, 1.54) is 9.80 Å². The van der Waals surface area contributed by atoms with Gasteiger partial charge in [-0.25, -0.2) is 16.8 Å². The summed E-state index contributed by atoms with van der Waals surface area (Å²) in [7, 11) is -8.84. The molecule has 2 amide bonds. The fourth-order valence-electron chi connectivity index (χ4n) is 3.49. The average Bonchev–Trinajstić information content (AvgIpc) is 2.74. The number of nitrogens with zero attached hydrogens (tertiary/aromatic N) is 2. The third-order valence-corrected chi connectivity index (χ3v) is 6.89. The van der Waals surface area contributed by atoms with E-state index in [2.05, 4.69) is 13.8 Å². The average molecular weight is 573 g/mol. The van der Waals surface area contributed by atoms with Crippen molar-refractivity contribution in [3.8, 4) is 0 Å². The van der Waals surface area contributed by atoms with Crippen molar-refractivity contribution in [2.24, 2.45) is 0 Å². The molecule has 10 nitrogen and oxygen atoms in total. The normalized spacial score (nSPS) is 11.3. The molecule has 14 heteroatoms. The van der Waals surface area contributed by atoms with E-state index >= 15 is 0 Å². The third kappa shape index (κ3) is 25.1. The Morgan fingerprint density at radius 2 is 0.889 bits per heavy atom. The summed E-state index contributed by atoms with van der Waals surface area (Å²) in [5.74, 6) is -1.75. The van der Waals surface area contributed by atoms with E-state index in [9.17, 15) is 35.5 Å². The zero-order chi connectivity index (χ0) is 26.0. The van der Waals surface area contributed by atoms with E-state index in [0.29, 0.717) is 25.9 Å². The fourth-order valence-corrected chi connectivity index (χ4v) is 4.38. The van der Waals surface area contributed by atoms with Gasteiger partial charge in [-0.3, -0.25) is 9.59 Å². The van der Waals surface area contributed by atoms with Crippen molar-refractivity contribution >= 4 is 32.1 Å². The summed E-state index contributed by atoms with van der Waals surface area (Å²) in [6.45, 7) is 4.63. The molecule has 0 spiro atoms. The minimum Gasteiger partial charge on any atom is -0.748 e. The Bertz CT molecular complexity index is 730. The Labute approximate surface area is 262 Å². The second-order valence-electron chi connectivity index (χ2n) is 8.61. The van der Waals surface area contributed by atoms with Gasteiger partial charge in [0.05, 0.1) is 31.7 Å². The molecule has 0 aliphatic heterocycles. The van der Waals surface area contributed by atoms with Crippen LogP contribution in [0.3, 0.4) is 0 Å². The molecule has 0 atom stereocenters. The van der Waals surface area contributed by atoms with Crippen molar-refractivity contribution < 1.29 is 94.6 Å². The molecule has 202 valence electrons. The summed E-state index contributed by atoms with van der Waals surface area (Å²) < 4.78 is 65.8. The van der Waals surface area contributed by atoms with Crippen LogP contribution < -0.4 is 59.1 Å². The second kappa shape index (κ2) is 23.6. The predicted molar refractivity (Wildman–Crippen MR) is 129 cm³/mol. The van der Waals surface area contributed by atoms with Gasteiger partial charge >= 0.3 is 59.1 Å². The Balaban J connectivity index is -0.00000544. The van der Waals surface area contributed by atoms with Crippen LogP contribution in [0.2, 0.25) is 0 Å². The molecule has 0 saturated carbocycles. The van der Waals surface area contributed by atoms with E-state index in [-0.39, 0.29) is 96.9 Å². The van der Waals surface area contributed by atoms with Gasteiger partial charge in [-0.05, 0) is 25.7 Å². The minimum absolute atomic E-state index is 0. The first-order chi connectivity index (χ1) is 15.9. The monoisotopic (exact) mass is 572 g/mol. The van der Waals surface area contributed by atoms with Gasteiger partial charge in [-0.15, -0.1) is 0 Å². The SMILES string of the molecule is CCCCCCN(CCS(=O)(=O)[O-])C(=O)CCCCC(=O)N(CCCCCC)CCS(=O)(=O)[O-].[Na+].[Na+]. The number of unbranched alkanes of at least 4 members (excludes halogenated alkanes) is 7. The zero-order valence-electron chi connectivity index (χ0n) is 22.7. The smallest absolute Gasteiger partial charge is 0.748 e. The molecule has 0 aromatic heterocycles. The summed E-state index contributed by atoms with van der Waals surface area (Å²) in [5, 5.41) is 0. The van der Waals surface area contributed by atoms with Gasteiger partial charge < -0.3 is 18.9 Å². The molecule has 0 aliphatic rings. The third-order valence-electron chi connectivity index (χ3n) is 5.52. The number of carbonyl (C=O) groups excluding carboxylic acids is 2. The van der Waals surface area contributed by atoms with Crippen molar-refractivity contribution in [3.05, 3.63) is 0 Å². The topological polar surface area (TPSA) is 155 Å². The van der Waals surface area contributed by atoms with Crippen LogP contribution in [0.15, 0.2) is 0 Å². The molecular weight excluding hydrogens is 530 g/mol. The first kappa shape index (κ1) is 41.2. The largest absolute Gasteiger partial charge is 1.00 e. The summed E-state index contributed by atoms with van der Waals surface area (Å²) >= 11 is 0. The molecule has 0 N–H and O–H groups in total. The number of carbonyl (C=O) groups is 2. The maximum absolute atomic E-state index is 12.6. The van der Waals surface area contributed by atoms with Crippen molar-refractivity contribution in [1.29, 1.82) is 0 Å². The quantitative estimate of drug-likeness (QED) is 0.0778. The number of hydrogen-bond donors (Lipinski definition) is 0. The van der Waals surface area contributed by atoms with E-state index < -0.39 is 31.7 Å². The molecule has 0 radical (unpaired) electrons.